The number of amides is 1. The Morgan fingerprint density at radius 3 is 2.34 bits per heavy atom. The van der Waals surface area contributed by atoms with Crippen LogP contribution in [0.1, 0.15) is 16.1 Å². The first-order valence-corrected chi connectivity index (χ1v) is 10.4. The molecule has 1 aromatic carbocycles. The average Bonchev–Trinajstić information content (AvgIpc) is 2.68. The van der Waals surface area contributed by atoms with Crippen molar-refractivity contribution in [1.82, 2.24) is 19.7 Å². The first kappa shape index (κ1) is 18.8. The number of pyridine rings is 1. The van der Waals surface area contributed by atoms with Crippen molar-refractivity contribution in [1.29, 1.82) is 0 Å². The van der Waals surface area contributed by atoms with E-state index in [1.807, 2.05) is 6.07 Å². The maximum Gasteiger partial charge on any atom is 0.279 e. The lowest BCUT2D eigenvalue weighted by Crippen LogP contribution is -2.80. The van der Waals surface area contributed by atoms with E-state index in [2.05, 4.69) is 40.9 Å². The van der Waals surface area contributed by atoms with E-state index in [1.54, 1.807) is 36.5 Å². The second kappa shape index (κ2) is 7.26. The molecular weight excluding hydrogens is 436 g/mol. The molecule has 4 bridgehead atoms. The van der Waals surface area contributed by atoms with E-state index in [0.717, 1.165) is 44.5 Å². The minimum atomic E-state index is -0.213. The maximum atomic E-state index is 13.0. The molecule has 29 heavy (non-hydrogen) atoms. The van der Waals surface area contributed by atoms with Gasteiger partial charge in [0.25, 0.3) is 5.91 Å². The molecule has 4 saturated heterocycles. The first-order valence-electron chi connectivity index (χ1n) is 9.57. The minimum absolute atomic E-state index is 0.0760. The van der Waals surface area contributed by atoms with Crippen molar-refractivity contribution in [3.63, 3.8) is 0 Å². The van der Waals surface area contributed by atoms with Crippen LogP contribution >= 0.6 is 15.9 Å². The predicted octanol–water partition coefficient (Wildman–Crippen LogP) is 1.52. The maximum absolute atomic E-state index is 13.0. The van der Waals surface area contributed by atoms with E-state index in [4.69, 9.17) is 0 Å². The molecule has 1 amide bonds. The number of benzene rings is 1. The quantitative estimate of drug-likeness (QED) is 0.542. The van der Waals surface area contributed by atoms with Gasteiger partial charge in [0.1, 0.15) is 25.7 Å². The lowest BCUT2D eigenvalue weighted by atomic mass is 10.1. The van der Waals surface area contributed by atoms with Crippen molar-refractivity contribution in [2.45, 2.75) is 0 Å². The number of hydrogen-bond acceptors (Lipinski definition) is 6. The van der Waals surface area contributed by atoms with Crippen molar-refractivity contribution in [2.75, 3.05) is 51.9 Å². The van der Waals surface area contributed by atoms with E-state index in [9.17, 15) is 9.59 Å². The summed E-state index contributed by atoms with van der Waals surface area (Å²) in [5.41, 5.74) is 1.30. The average molecular weight is 458 g/mol. The number of nitrogens with one attached hydrogen (secondary N) is 1. The molecule has 2 aromatic rings. The molecule has 6 rings (SSSR count). The molecule has 4 aliphatic rings. The van der Waals surface area contributed by atoms with Gasteiger partial charge in [0.05, 0.1) is 25.7 Å². The van der Waals surface area contributed by atoms with E-state index < -0.39 is 0 Å². The molecule has 150 valence electrons. The molecule has 0 atom stereocenters. The number of carbonyl (C=O) groups is 2. The first-order chi connectivity index (χ1) is 14.0. The number of aromatic nitrogens is 1. The molecule has 0 saturated carbocycles. The van der Waals surface area contributed by atoms with Crippen LogP contribution in [0.15, 0.2) is 47.1 Å². The Hall–Kier alpha value is -2.17. The summed E-state index contributed by atoms with van der Waals surface area (Å²) < 4.78 is 1.49. The largest absolute Gasteiger partial charge is 0.320 e. The van der Waals surface area contributed by atoms with Gasteiger partial charge in [-0.15, -0.1) is 0 Å². The van der Waals surface area contributed by atoms with Crippen molar-refractivity contribution in [3.05, 3.63) is 58.3 Å². The summed E-state index contributed by atoms with van der Waals surface area (Å²) in [6, 6.07) is 10.6. The van der Waals surface area contributed by atoms with Crippen molar-refractivity contribution in [3.8, 4) is 0 Å². The highest BCUT2D eigenvalue weighted by molar-refractivity contribution is 9.10. The summed E-state index contributed by atoms with van der Waals surface area (Å²) in [5.74, 6) is -0.289. The molecule has 5 heterocycles. The molecule has 0 aliphatic carbocycles. The summed E-state index contributed by atoms with van der Waals surface area (Å²) in [6.45, 7) is 5.99. The van der Waals surface area contributed by atoms with Gasteiger partial charge in [-0.25, -0.2) is 14.7 Å². The fourth-order valence-electron chi connectivity index (χ4n) is 4.75. The van der Waals surface area contributed by atoms with Crippen LogP contribution in [0.5, 0.6) is 0 Å². The Bertz CT molecular complexity index is 931. The lowest BCUT2D eigenvalue weighted by molar-refractivity contribution is -0.973. The van der Waals surface area contributed by atoms with Crippen LogP contribution in [0.4, 0.5) is 5.69 Å². The molecule has 8 nitrogen and oxygen atoms in total. The Labute approximate surface area is 177 Å². The fourth-order valence-corrected chi connectivity index (χ4v) is 5.11. The summed E-state index contributed by atoms with van der Waals surface area (Å²) in [4.78, 5) is 37.2. The van der Waals surface area contributed by atoms with Gasteiger partial charge >= 0.3 is 0 Å². The van der Waals surface area contributed by atoms with Crippen LogP contribution in [0.2, 0.25) is 0 Å². The highest BCUT2D eigenvalue weighted by atomic mass is 79.9. The van der Waals surface area contributed by atoms with Gasteiger partial charge in [-0.05, 0) is 30.3 Å². The molecule has 0 spiro atoms. The molecule has 4 aliphatic heterocycles. The zero-order valence-electron chi connectivity index (χ0n) is 15.9. The second-order valence-corrected chi connectivity index (χ2v) is 9.06. The van der Waals surface area contributed by atoms with Crippen LogP contribution in [-0.2, 0) is 4.79 Å². The van der Waals surface area contributed by atoms with Crippen molar-refractivity contribution in [2.24, 2.45) is 0 Å². The number of ketones is 1. The van der Waals surface area contributed by atoms with Crippen LogP contribution in [0, 0.1) is 0 Å². The SMILES string of the molecule is O=C(C[N+]12CN3CN(CN(C3)C1)C2)Nc1ccc(Br)cc1C(=O)c1ccccn1. The topological polar surface area (TPSA) is 68.8 Å². The highest BCUT2D eigenvalue weighted by Gasteiger charge is 2.49. The van der Waals surface area contributed by atoms with E-state index >= 15 is 0 Å². The van der Waals surface area contributed by atoms with E-state index in [1.165, 1.54) is 0 Å². The van der Waals surface area contributed by atoms with Crippen LogP contribution < -0.4 is 5.32 Å². The molecular formula is C20H22BrN6O2+. The van der Waals surface area contributed by atoms with E-state index in [-0.39, 0.29) is 11.7 Å². The zero-order valence-corrected chi connectivity index (χ0v) is 17.5. The lowest BCUT2D eigenvalue weighted by Gasteiger charge is -2.60. The number of quaternary nitrogens is 1. The van der Waals surface area contributed by atoms with Crippen molar-refractivity contribution < 1.29 is 14.1 Å². The fraction of sp³-hybridized carbons (Fsp3) is 0.350. The van der Waals surface area contributed by atoms with Crippen LogP contribution in [0.3, 0.4) is 0 Å². The third-order valence-electron chi connectivity index (χ3n) is 5.58. The van der Waals surface area contributed by atoms with Gasteiger partial charge in [-0.1, -0.05) is 22.0 Å². The predicted molar refractivity (Wildman–Crippen MR) is 110 cm³/mol. The van der Waals surface area contributed by atoms with Gasteiger partial charge in [-0.2, -0.15) is 0 Å². The Morgan fingerprint density at radius 1 is 1.03 bits per heavy atom. The van der Waals surface area contributed by atoms with Gasteiger partial charge < -0.3 is 5.32 Å². The second-order valence-electron chi connectivity index (χ2n) is 8.14. The van der Waals surface area contributed by atoms with Crippen LogP contribution in [0.25, 0.3) is 0 Å². The van der Waals surface area contributed by atoms with Gasteiger partial charge in [0, 0.05) is 16.2 Å². The molecule has 0 unspecified atom stereocenters. The summed E-state index contributed by atoms with van der Waals surface area (Å²) >= 11 is 3.42. The number of rotatable bonds is 5. The summed E-state index contributed by atoms with van der Waals surface area (Å²) in [7, 11) is 0. The number of carbonyl (C=O) groups excluding carboxylic acids is 2. The standard InChI is InChI=1S/C20H21BrN6O2/c21-15-4-5-17(16(7-15)20(29)18-3-1-2-6-22-18)23-19(28)8-27-12-24-9-25(13-27)11-26(10-24)14-27/h1-7H,8-14H2/p+1. The Morgan fingerprint density at radius 2 is 1.72 bits per heavy atom. The Kier molecular flexibility index (Phi) is 4.72. The number of nitrogens with zero attached hydrogens (tertiary/aromatic N) is 5. The summed E-state index contributed by atoms with van der Waals surface area (Å²) in [6.07, 6.45) is 1.59. The molecule has 9 heteroatoms. The Balaban J connectivity index is 1.35. The normalized spacial score (nSPS) is 29.6. The number of anilines is 1. The highest BCUT2D eigenvalue weighted by Crippen LogP contribution is 2.29. The van der Waals surface area contributed by atoms with E-state index in [0.29, 0.717) is 28.0 Å². The molecule has 1 N–H and O–H groups in total. The monoisotopic (exact) mass is 457 g/mol. The smallest absolute Gasteiger partial charge is 0.279 e. The molecule has 0 radical (unpaired) electrons. The zero-order chi connectivity index (χ0) is 20.0. The number of hydrogen-bond donors (Lipinski definition) is 1. The number of halogens is 1. The third kappa shape index (κ3) is 3.72. The van der Waals surface area contributed by atoms with Gasteiger partial charge in [0.15, 0.2) is 6.54 Å². The van der Waals surface area contributed by atoms with Gasteiger partial charge in [0.2, 0.25) is 5.78 Å². The third-order valence-corrected chi connectivity index (χ3v) is 6.07. The molecule has 4 fully saturated rings. The summed E-state index contributed by atoms with van der Waals surface area (Å²) in [5, 5.41) is 2.98. The minimum Gasteiger partial charge on any atom is -0.320 e. The van der Waals surface area contributed by atoms with Gasteiger partial charge in [-0.3, -0.25) is 19.1 Å². The molecule has 1 aromatic heterocycles. The van der Waals surface area contributed by atoms with Crippen LogP contribution in [-0.4, -0.2) is 82.4 Å². The van der Waals surface area contributed by atoms with Crippen molar-refractivity contribution >= 4 is 33.3 Å².